The zero-order valence-corrected chi connectivity index (χ0v) is 12.1. The first-order valence-electron chi connectivity index (χ1n) is 7.08. The van der Waals surface area contributed by atoms with Crippen molar-refractivity contribution >= 4 is 16.9 Å². The average Bonchev–Trinajstić information content (AvgIpc) is 3.26. The third kappa shape index (κ3) is 1.90. The van der Waals surface area contributed by atoms with Gasteiger partial charge in [0.05, 0.1) is 29.4 Å². The number of hydrogen-bond acceptors (Lipinski definition) is 6. The highest BCUT2D eigenvalue weighted by Crippen LogP contribution is 2.29. The van der Waals surface area contributed by atoms with Crippen molar-refractivity contribution in [3.05, 3.63) is 30.5 Å². The summed E-state index contributed by atoms with van der Waals surface area (Å²) in [4.78, 5) is 10.9. The minimum absolute atomic E-state index is 0.254. The molecule has 0 aliphatic carbocycles. The van der Waals surface area contributed by atoms with Gasteiger partial charge in [0, 0.05) is 26.3 Å². The van der Waals surface area contributed by atoms with E-state index < -0.39 is 0 Å². The van der Waals surface area contributed by atoms with E-state index in [0.717, 1.165) is 36.4 Å². The fraction of sp³-hybridized carbons (Fsp3) is 0.357. The lowest BCUT2D eigenvalue weighted by Gasteiger charge is -2.18. The number of aryl methyl sites for hydroxylation is 1. The summed E-state index contributed by atoms with van der Waals surface area (Å²) in [5.74, 6) is 0.910. The van der Waals surface area contributed by atoms with Crippen molar-refractivity contribution in [2.45, 2.75) is 12.5 Å². The Balaban J connectivity index is 1.63. The van der Waals surface area contributed by atoms with Crippen LogP contribution in [0.5, 0.6) is 0 Å². The smallest absolute Gasteiger partial charge is 0.163 e. The van der Waals surface area contributed by atoms with E-state index in [2.05, 4.69) is 31.1 Å². The molecule has 4 heterocycles. The number of hydrogen-bond donors (Lipinski definition) is 0. The van der Waals surface area contributed by atoms with Crippen molar-refractivity contribution in [3.63, 3.8) is 0 Å². The molecule has 0 aromatic carbocycles. The summed E-state index contributed by atoms with van der Waals surface area (Å²) in [7, 11) is 1.87. The molecular formula is C14H14N8. The van der Waals surface area contributed by atoms with Gasteiger partial charge in [0.15, 0.2) is 5.65 Å². The Morgan fingerprint density at radius 3 is 3.00 bits per heavy atom. The summed E-state index contributed by atoms with van der Waals surface area (Å²) in [6.07, 6.45) is 7.76. The van der Waals surface area contributed by atoms with Gasteiger partial charge in [0.25, 0.3) is 0 Å². The largest absolute Gasteiger partial charge is 0.354 e. The van der Waals surface area contributed by atoms with Crippen LogP contribution in [0.15, 0.2) is 24.9 Å². The molecule has 0 radical (unpaired) electrons. The van der Waals surface area contributed by atoms with E-state index in [-0.39, 0.29) is 6.04 Å². The molecule has 1 atom stereocenters. The van der Waals surface area contributed by atoms with Crippen LogP contribution in [0.3, 0.4) is 0 Å². The summed E-state index contributed by atoms with van der Waals surface area (Å²) in [6.45, 7) is 1.71. The van der Waals surface area contributed by atoms with Gasteiger partial charge < -0.3 is 4.90 Å². The van der Waals surface area contributed by atoms with Crippen molar-refractivity contribution in [2.24, 2.45) is 7.05 Å². The topological polar surface area (TPSA) is 88.5 Å². The summed E-state index contributed by atoms with van der Waals surface area (Å²) < 4.78 is 3.63. The number of nitrogens with zero attached hydrogens (tertiary/aromatic N) is 8. The highest BCUT2D eigenvalue weighted by molar-refractivity contribution is 5.86. The number of aromatic nitrogens is 6. The van der Waals surface area contributed by atoms with E-state index in [1.54, 1.807) is 29.6 Å². The van der Waals surface area contributed by atoms with Gasteiger partial charge >= 0.3 is 0 Å². The molecule has 0 amide bonds. The van der Waals surface area contributed by atoms with Crippen molar-refractivity contribution in [1.29, 1.82) is 5.26 Å². The molecule has 8 nitrogen and oxygen atoms in total. The number of fused-ring (bicyclic) bond motifs is 1. The Morgan fingerprint density at radius 2 is 2.18 bits per heavy atom. The predicted octanol–water partition coefficient (Wildman–Crippen LogP) is 0.883. The lowest BCUT2D eigenvalue weighted by Crippen LogP contribution is -2.22. The standard InChI is InChI=1S/C14H14N8/c1-20-13-12(6-18-20)14(17-9-16-13)21-3-2-11(8-21)22-7-10(4-15)5-19-22/h5-7,9,11H,2-3,8H2,1H3. The van der Waals surface area contributed by atoms with Crippen LogP contribution >= 0.6 is 0 Å². The first-order chi connectivity index (χ1) is 10.8. The van der Waals surface area contributed by atoms with Crippen LogP contribution in [-0.2, 0) is 7.05 Å². The number of nitriles is 1. The van der Waals surface area contributed by atoms with Gasteiger partial charge in [-0.15, -0.1) is 0 Å². The van der Waals surface area contributed by atoms with Gasteiger partial charge in [0.1, 0.15) is 18.2 Å². The molecule has 1 aliphatic rings. The van der Waals surface area contributed by atoms with Crippen molar-refractivity contribution in [1.82, 2.24) is 29.5 Å². The van der Waals surface area contributed by atoms with Gasteiger partial charge in [-0.1, -0.05) is 0 Å². The Morgan fingerprint density at radius 1 is 1.27 bits per heavy atom. The molecule has 0 bridgehead atoms. The quantitative estimate of drug-likeness (QED) is 0.697. The monoisotopic (exact) mass is 294 g/mol. The Bertz CT molecular complexity index is 870. The highest BCUT2D eigenvalue weighted by Gasteiger charge is 2.27. The lowest BCUT2D eigenvalue weighted by atomic mass is 10.3. The summed E-state index contributed by atoms with van der Waals surface area (Å²) in [5.41, 5.74) is 1.43. The average molecular weight is 294 g/mol. The van der Waals surface area contributed by atoms with E-state index in [4.69, 9.17) is 5.26 Å². The van der Waals surface area contributed by atoms with Crippen molar-refractivity contribution in [3.8, 4) is 6.07 Å². The molecule has 22 heavy (non-hydrogen) atoms. The normalized spacial score (nSPS) is 18.0. The molecule has 0 saturated carbocycles. The zero-order valence-electron chi connectivity index (χ0n) is 12.1. The molecule has 0 N–H and O–H groups in total. The first-order valence-corrected chi connectivity index (χ1v) is 7.08. The van der Waals surface area contributed by atoms with Crippen molar-refractivity contribution in [2.75, 3.05) is 18.0 Å². The second kappa shape index (κ2) is 4.80. The third-order valence-electron chi connectivity index (χ3n) is 4.08. The third-order valence-corrected chi connectivity index (χ3v) is 4.08. The van der Waals surface area contributed by atoms with Crippen LogP contribution in [0.2, 0.25) is 0 Å². The first kappa shape index (κ1) is 12.8. The van der Waals surface area contributed by atoms with E-state index in [1.165, 1.54) is 0 Å². The molecule has 0 spiro atoms. The SMILES string of the molecule is Cn1ncc2c(N3CCC(n4cc(C#N)cn4)C3)ncnc21. The Kier molecular flexibility index (Phi) is 2.79. The molecule has 1 fully saturated rings. The second-order valence-electron chi connectivity index (χ2n) is 5.41. The second-order valence-corrected chi connectivity index (χ2v) is 5.41. The van der Waals surface area contributed by atoms with Crippen LogP contribution in [0.1, 0.15) is 18.0 Å². The lowest BCUT2D eigenvalue weighted by molar-refractivity contribution is 0.494. The Hall–Kier alpha value is -2.95. The molecule has 1 unspecified atom stereocenters. The summed E-state index contributed by atoms with van der Waals surface area (Å²) in [6, 6.07) is 2.37. The maximum atomic E-state index is 8.90. The molecule has 8 heteroatoms. The van der Waals surface area contributed by atoms with Crippen molar-refractivity contribution < 1.29 is 0 Å². The zero-order chi connectivity index (χ0) is 15.1. The van der Waals surface area contributed by atoms with Gasteiger partial charge in [-0.05, 0) is 6.42 Å². The predicted molar refractivity (Wildman–Crippen MR) is 79.1 cm³/mol. The van der Waals surface area contributed by atoms with E-state index in [9.17, 15) is 0 Å². The van der Waals surface area contributed by atoms with E-state index in [1.807, 2.05) is 11.7 Å². The van der Waals surface area contributed by atoms with E-state index in [0.29, 0.717) is 5.56 Å². The summed E-state index contributed by atoms with van der Waals surface area (Å²) >= 11 is 0. The number of anilines is 1. The number of rotatable bonds is 2. The highest BCUT2D eigenvalue weighted by atomic mass is 15.3. The van der Waals surface area contributed by atoms with Crippen LogP contribution in [-0.4, -0.2) is 42.6 Å². The maximum absolute atomic E-state index is 8.90. The fourth-order valence-electron chi connectivity index (χ4n) is 2.95. The molecular weight excluding hydrogens is 280 g/mol. The van der Waals surface area contributed by atoms with Crippen LogP contribution in [0.4, 0.5) is 5.82 Å². The van der Waals surface area contributed by atoms with Gasteiger partial charge in [0.2, 0.25) is 0 Å². The Labute approximate surface area is 126 Å². The van der Waals surface area contributed by atoms with Crippen LogP contribution in [0, 0.1) is 11.3 Å². The molecule has 1 aliphatic heterocycles. The van der Waals surface area contributed by atoms with Crippen LogP contribution in [0.25, 0.3) is 11.0 Å². The minimum atomic E-state index is 0.254. The molecule has 3 aromatic rings. The van der Waals surface area contributed by atoms with Gasteiger partial charge in [-0.3, -0.25) is 9.36 Å². The molecule has 110 valence electrons. The summed E-state index contributed by atoms with van der Waals surface area (Å²) in [5, 5.41) is 18.4. The van der Waals surface area contributed by atoms with Gasteiger partial charge in [-0.2, -0.15) is 15.5 Å². The van der Waals surface area contributed by atoms with E-state index >= 15 is 0 Å². The molecule has 3 aromatic heterocycles. The minimum Gasteiger partial charge on any atom is -0.354 e. The molecule has 1 saturated heterocycles. The fourth-order valence-corrected chi connectivity index (χ4v) is 2.95. The maximum Gasteiger partial charge on any atom is 0.163 e. The molecule has 4 rings (SSSR count). The van der Waals surface area contributed by atoms with Crippen LogP contribution < -0.4 is 4.90 Å². The van der Waals surface area contributed by atoms with Gasteiger partial charge in [-0.25, -0.2) is 9.97 Å².